The Kier molecular flexibility index (Phi) is 4.37. The van der Waals surface area contributed by atoms with Crippen LogP contribution in [-0.4, -0.2) is 0 Å². The molecule has 2 nitrogen and oxygen atoms in total. The van der Waals surface area contributed by atoms with Crippen molar-refractivity contribution in [1.29, 1.82) is 0 Å². The maximum absolute atomic E-state index is 5.64. The number of hydrogen-bond acceptors (Lipinski definition) is 2. The van der Waals surface area contributed by atoms with E-state index >= 15 is 0 Å². The molecule has 0 fully saturated rings. The Hall–Kier alpha value is -2.06. The summed E-state index contributed by atoms with van der Waals surface area (Å²) < 4.78 is 0. The predicted molar refractivity (Wildman–Crippen MR) is 80.6 cm³/mol. The van der Waals surface area contributed by atoms with E-state index in [1.165, 1.54) is 11.1 Å². The number of hydrogen-bond donors (Lipinski definition) is 2. The van der Waals surface area contributed by atoms with E-state index in [0.717, 1.165) is 11.3 Å². The lowest BCUT2D eigenvalue weighted by molar-refractivity contribution is 0.694. The van der Waals surface area contributed by atoms with E-state index in [1.807, 2.05) is 13.0 Å². The van der Waals surface area contributed by atoms with E-state index in [4.69, 9.17) is 5.73 Å². The SMILES string of the molecule is C=C(C)NC(c1ccccc1)c1ccc(CN)cc1. The molecule has 0 spiro atoms. The summed E-state index contributed by atoms with van der Waals surface area (Å²) >= 11 is 0. The maximum Gasteiger partial charge on any atom is 0.0764 e. The molecule has 0 saturated heterocycles. The van der Waals surface area contributed by atoms with Crippen LogP contribution < -0.4 is 11.1 Å². The van der Waals surface area contributed by atoms with Gasteiger partial charge in [-0.1, -0.05) is 61.2 Å². The van der Waals surface area contributed by atoms with Gasteiger partial charge in [0.2, 0.25) is 0 Å². The Morgan fingerprint density at radius 1 is 1.05 bits per heavy atom. The Balaban J connectivity index is 2.34. The molecule has 2 heteroatoms. The summed E-state index contributed by atoms with van der Waals surface area (Å²) in [5.74, 6) is 0. The highest BCUT2D eigenvalue weighted by atomic mass is 14.9. The monoisotopic (exact) mass is 252 g/mol. The first kappa shape index (κ1) is 13.4. The van der Waals surface area contributed by atoms with Crippen molar-refractivity contribution in [2.75, 3.05) is 0 Å². The van der Waals surface area contributed by atoms with Crippen LogP contribution in [0.25, 0.3) is 0 Å². The van der Waals surface area contributed by atoms with Crippen molar-refractivity contribution in [3.8, 4) is 0 Å². The van der Waals surface area contributed by atoms with Crippen LogP contribution in [0.4, 0.5) is 0 Å². The molecule has 3 N–H and O–H groups in total. The molecule has 2 aromatic rings. The van der Waals surface area contributed by atoms with Crippen LogP contribution in [-0.2, 0) is 6.54 Å². The summed E-state index contributed by atoms with van der Waals surface area (Å²) in [6.07, 6.45) is 0. The van der Waals surface area contributed by atoms with Gasteiger partial charge in [-0.3, -0.25) is 0 Å². The molecule has 0 bridgehead atoms. The second-order valence-corrected chi connectivity index (χ2v) is 4.71. The second kappa shape index (κ2) is 6.21. The highest BCUT2D eigenvalue weighted by Crippen LogP contribution is 2.23. The summed E-state index contributed by atoms with van der Waals surface area (Å²) in [5, 5.41) is 3.42. The first-order chi connectivity index (χ1) is 9.20. The van der Waals surface area contributed by atoms with Gasteiger partial charge in [-0.05, 0) is 23.6 Å². The minimum atomic E-state index is 0.130. The average Bonchev–Trinajstić information content (AvgIpc) is 2.46. The van der Waals surface area contributed by atoms with E-state index in [1.54, 1.807) is 0 Å². The number of nitrogens with one attached hydrogen (secondary N) is 1. The fourth-order valence-corrected chi connectivity index (χ4v) is 2.10. The Morgan fingerprint density at radius 3 is 2.16 bits per heavy atom. The van der Waals surface area contributed by atoms with Gasteiger partial charge in [-0.25, -0.2) is 0 Å². The van der Waals surface area contributed by atoms with Crippen molar-refractivity contribution < 1.29 is 0 Å². The molecular weight excluding hydrogens is 232 g/mol. The molecule has 0 heterocycles. The third kappa shape index (κ3) is 3.46. The first-order valence-corrected chi connectivity index (χ1v) is 6.46. The van der Waals surface area contributed by atoms with Gasteiger partial charge in [0.25, 0.3) is 0 Å². The molecule has 2 aromatic carbocycles. The average molecular weight is 252 g/mol. The third-order valence-corrected chi connectivity index (χ3v) is 3.07. The van der Waals surface area contributed by atoms with Crippen molar-refractivity contribution in [2.45, 2.75) is 19.5 Å². The van der Waals surface area contributed by atoms with Crippen LogP contribution in [0.5, 0.6) is 0 Å². The predicted octanol–water partition coefficient (Wildman–Crippen LogP) is 3.36. The summed E-state index contributed by atoms with van der Waals surface area (Å²) in [6.45, 7) is 6.50. The van der Waals surface area contributed by atoms with Crippen LogP contribution in [0.2, 0.25) is 0 Å². The Morgan fingerprint density at radius 2 is 1.63 bits per heavy atom. The molecule has 1 unspecified atom stereocenters. The maximum atomic E-state index is 5.64. The molecule has 0 aliphatic carbocycles. The topological polar surface area (TPSA) is 38.0 Å². The zero-order valence-electron chi connectivity index (χ0n) is 11.3. The van der Waals surface area contributed by atoms with Crippen molar-refractivity contribution in [1.82, 2.24) is 5.32 Å². The molecule has 0 saturated carbocycles. The molecule has 2 rings (SSSR count). The quantitative estimate of drug-likeness (QED) is 0.856. The number of benzene rings is 2. The zero-order valence-corrected chi connectivity index (χ0v) is 11.3. The molecule has 0 radical (unpaired) electrons. The van der Waals surface area contributed by atoms with Crippen LogP contribution >= 0.6 is 0 Å². The summed E-state index contributed by atoms with van der Waals surface area (Å²) in [7, 11) is 0. The van der Waals surface area contributed by atoms with Gasteiger partial charge in [0, 0.05) is 12.2 Å². The number of nitrogens with two attached hydrogens (primary N) is 1. The second-order valence-electron chi connectivity index (χ2n) is 4.71. The summed E-state index contributed by atoms with van der Waals surface area (Å²) in [5.41, 5.74) is 10.2. The van der Waals surface area contributed by atoms with Crippen molar-refractivity contribution in [3.63, 3.8) is 0 Å². The van der Waals surface area contributed by atoms with Gasteiger partial charge in [-0.15, -0.1) is 0 Å². The summed E-state index contributed by atoms with van der Waals surface area (Å²) in [6, 6.07) is 18.9. The van der Waals surface area contributed by atoms with Gasteiger partial charge >= 0.3 is 0 Å². The molecular formula is C17H20N2. The largest absolute Gasteiger partial charge is 0.378 e. The fraction of sp³-hybridized carbons (Fsp3) is 0.176. The van der Waals surface area contributed by atoms with Crippen molar-refractivity contribution in [2.24, 2.45) is 5.73 Å². The Labute approximate surface area is 115 Å². The lowest BCUT2D eigenvalue weighted by Gasteiger charge is -2.21. The van der Waals surface area contributed by atoms with Gasteiger partial charge in [0.15, 0.2) is 0 Å². The van der Waals surface area contributed by atoms with E-state index in [0.29, 0.717) is 6.54 Å². The van der Waals surface area contributed by atoms with Crippen LogP contribution in [0.15, 0.2) is 66.9 Å². The number of allylic oxidation sites excluding steroid dienone is 1. The molecule has 1 atom stereocenters. The lowest BCUT2D eigenvalue weighted by Crippen LogP contribution is -2.20. The molecule has 0 aromatic heterocycles. The van der Waals surface area contributed by atoms with Crippen LogP contribution in [0, 0.1) is 0 Å². The minimum absolute atomic E-state index is 0.130. The highest BCUT2D eigenvalue weighted by Gasteiger charge is 2.12. The molecule has 0 aliphatic rings. The third-order valence-electron chi connectivity index (χ3n) is 3.07. The van der Waals surface area contributed by atoms with E-state index in [9.17, 15) is 0 Å². The molecule has 98 valence electrons. The van der Waals surface area contributed by atoms with E-state index in [2.05, 4.69) is 60.4 Å². The van der Waals surface area contributed by atoms with Crippen LogP contribution in [0.1, 0.15) is 29.7 Å². The first-order valence-electron chi connectivity index (χ1n) is 6.46. The molecule has 0 aliphatic heterocycles. The smallest absolute Gasteiger partial charge is 0.0764 e. The van der Waals surface area contributed by atoms with Gasteiger partial charge in [0.1, 0.15) is 0 Å². The van der Waals surface area contributed by atoms with Crippen molar-refractivity contribution >= 4 is 0 Å². The van der Waals surface area contributed by atoms with Gasteiger partial charge in [-0.2, -0.15) is 0 Å². The fourth-order valence-electron chi connectivity index (χ4n) is 2.10. The molecule has 19 heavy (non-hydrogen) atoms. The minimum Gasteiger partial charge on any atom is -0.378 e. The van der Waals surface area contributed by atoms with E-state index in [-0.39, 0.29) is 6.04 Å². The Bertz CT molecular complexity index is 529. The highest BCUT2D eigenvalue weighted by molar-refractivity contribution is 5.34. The summed E-state index contributed by atoms with van der Waals surface area (Å²) in [4.78, 5) is 0. The number of rotatable bonds is 5. The van der Waals surface area contributed by atoms with Gasteiger partial charge < -0.3 is 11.1 Å². The normalized spacial score (nSPS) is 11.9. The van der Waals surface area contributed by atoms with Crippen molar-refractivity contribution in [3.05, 3.63) is 83.6 Å². The van der Waals surface area contributed by atoms with Gasteiger partial charge in [0.05, 0.1) is 6.04 Å². The standard InChI is InChI=1S/C17H20N2/c1-13(2)19-17(15-6-4-3-5-7-15)16-10-8-14(12-18)9-11-16/h3-11,17,19H,1,12,18H2,2H3. The zero-order chi connectivity index (χ0) is 13.7. The van der Waals surface area contributed by atoms with Crippen LogP contribution in [0.3, 0.4) is 0 Å². The van der Waals surface area contributed by atoms with E-state index < -0.39 is 0 Å². The molecule has 0 amide bonds. The lowest BCUT2D eigenvalue weighted by atomic mass is 9.97.